The molecule has 4 aliphatic rings. The van der Waals surface area contributed by atoms with Crippen LogP contribution in [0.15, 0.2) is 34.9 Å². The van der Waals surface area contributed by atoms with Gasteiger partial charge in [-0.05, 0) is 70.1 Å². The number of ketones is 2. The van der Waals surface area contributed by atoms with Crippen molar-refractivity contribution in [2.45, 2.75) is 72.0 Å². The van der Waals surface area contributed by atoms with Crippen LogP contribution in [-0.2, 0) is 28.7 Å². The van der Waals surface area contributed by atoms with Gasteiger partial charge in [-0.15, -0.1) is 0 Å². The molecule has 33 heavy (non-hydrogen) atoms. The molecular weight excluding hydrogens is 424 g/mol. The van der Waals surface area contributed by atoms with E-state index >= 15 is 0 Å². The van der Waals surface area contributed by atoms with Gasteiger partial charge in [0.2, 0.25) is 5.60 Å². The third kappa shape index (κ3) is 2.34. The monoisotopic (exact) mass is 456 g/mol. The van der Waals surface area contributed by atoms with Crippen molar-refractivity contribution in [3.63, 3.8) is 0 Å². The van der Waals surface area contributed by atoms with Crippen molar-refractivity contribution in [2.24, 2.45) is 22.2 Å². The molecule has 4 rings (SSSR count). The predicted molar refractivity (Wildman–Crippen MR) is 119 cm³/mol. The zero-order valence-electron chi connectivity index (χ0n) is 20.4. The molecule has 178 valence electrons. The first-order chi connectivity index (χ1) is 15.1. The molecule has 0 aromatic heterocycles. The lowest BCUT2D eigenvalue weighted by molar-refractivity contribution is -0.190. The highest BCUT2D eigenvalue weighted by atomic mass is 16.6. The van der Waals surface area contributed by atoms with Crippen molar-refractivity contribution in [1.29, 1.82) is 0 Å². The van der Waals surface area contributed by atoms with E-state index in [2.05, 4.69) is 6.58 Å². The third-order valence-corrected chi connectivity index (χ3v) is 9.12. The Morgan fingerprint density at radius 3 is 2.36 bits per heavy atom. The van der Waals surface area contributed by atoms with E-state index in [1.807, 2.05) is 33.8 Å². The minimum Gasteiger partial charge on any atom is -0.468 e. The molecule has 7 heteroatoms. The second-order valence-corrected chi connectivity index (χ2v) is 11.0. The van der Waals surface area contributed by atoms with Gasteiger partial charge in [0.15, 0.2) is 11.6 Å². The summed E-state index contributed by atoms with van der Waals surface area (Å²) in [4.78, 5) is 52.9. The third-order valence-electron chi connectivity index (χ3n) is 9.12. The number of allylic oxidation sites excluding steroid dienone is 2. The number of esters is 2. The van der Waals surface area contributed by atoms with E-state index in [0.29, 0.717) is 0 Å². The number of fused-ring (bicyclic) bond motifs is 5. The number of carbonyl (C=O) groups excluding carboxylic acids is 4. The molecule has 5 atom stereocenters. The van der Waals surface area contributed by atoms with Crippen molar-refractivity contribution in [2.75, 3.05) is 7.11 Å². The second kappa shape index (κ2) is 6.53. The van der Waals surface area contributed by atoms with Gasteiger partial charge in [-0.25, -0.2) is 0 Å². The number of hydrogen-bond donors (Lipinski definition) is 1. The Labute approximate surface area is 193 Å². The maximum Gasteiger partial charge on any atom is 0.320 e. The lowest BCUT2D eigenvalue weighted by Crippen LogP contribution is -2.66. The van der Waals surface area contributed by atoms with Gasteiger partial charge in [-0.1, -0.05) is 25.2 Å². The van der Waals surface area contributed by atoms with Gasteiger partial charge in [0.1, 0.15) is 11.0 Å². The standard InChI is InChI=1S/C26H32O7/c1-13-16-11-19(28)33-22(4,5)17(16)9-10-24(7)18(13)12-23(6)14(2)25(24,21(30)32-8)26(31,15(3)27)20(23)29/h9,18,31H,2,10-12H2,1,3-8H3. The van der Waals surface area contributed by atoms with Gasteiger partial charge in [0.05, 0.1) is 18.9 Å². The number of methoxy groups -OCH3 is 1. The van der Waals surface area contributed by atoms with Gasteiger partial charge in [0.25, 0.3) is 0 Å². The molecule has 0 spiro atoms. The van der Waals surface area contributed by atoms with Crippen molar-refractivity contribution in [1.82, 2.24) is 0 Å². The van der Waals surface area contributed by atoms with E-state index in [0.717, 1.165) is 23.6 Å². The lowest BCUT2D eigenvalue weighted by atomic mass is 9.44. The van der Waals surface area contributed by atoms with Crippen molar-refractivity contribution >= 4 is 23.5 Å². The number of cyclic esters (lactones) is 1. The molecule has 0 aromatic rings. The van der Waals surface area contributed by atoms with Gasteiger partial charge in [-0.3, -0.25) is 19.2 Å². The first kappa shape index (κ1) is 23.6. The quantitative estimate of drug-likeness (QED) is 0.387. The fraction of sp³-hybridized carbons (Fsp3) is 0.615. The SMILES string of the molecule is C=C1C2(C)CC3C(C)=C4CC(=O)OC(C)(C)C4=CCC3(C)C1(C(=O)OC)C(O)(C(C)=O)C2=O. The summed E-state index contributed by atoms with van der Waals surface area (Å²) in [6.07, 6.45) is 2.53. The summed E-state index contributed by atoms with van der Waals surface area (Å²) in [7, 11) is 1.19. The summed E-state index contributed by atoms with van der Waals surface area (Å²) >= 11 is 0. The number of aliphatic hydroxyl groups is 1. The summed E-state index contributed by atoms with van der Waals surface area (Å²) in [5, 5.41) is 11.9. The minimum absolute atomic E-state index is 0.0848. The van der Waals surface area contributed by atoms with E-state index in [9.17, 15) is 24.3 Å². The molecule has 1 aliphatic heterocycles. The van der Waals surface area contributed by atoms with Gasteiger partial charge >= 0.3 is 11.9 Å². The number of Topliss-reactive ketones (excluding diaryl/α,β-unsaturated/α-hetero) is 2. The van der Waals surface area contributed by atoms with E-state index in [1.54, 1.807) is 6.92 Å². The number of carbonyl (C=O) groups is 4. The molecule has 1 heterocycles. The predicted octanol–water partition coefficient (Wildman–Crippen LogP) is 3.01. The zero-order valence-corrected chi connectivity index (χ0v) is 20.4. The molecule has 1 N–H and O–H groups in total. The largest absolute Gasteiger partial charge is 0.468 e. The molecule has 0 amide bonds. The Balaban J connectivity index is 2.13. The summed E-state index contributed by atoms with van der Waals surface area (Å²) in [5.41, 5.74) is -5.12. The van der Waals surface area contributed by atoms with Crippen LogP contribution in [0, 0.1) is 22.2 Å². The first-order valence-corrected chi connectivity index (χ1v) is 11.3. The molecule has 2 saturated carbocycles. The molecule has 0 radical (unpaired) electrons. The highest BCUT2D eigenvalue weighted by Gasteiger charge is 2.85. The smallest absolute Gasteiger partial charge is 0.320 e. The van der Waals surface area contributed by atoms with E-state index in [1.165, 1.54) is 7.11 Å². The maximum atomic E-state index is 13.8. The number of ether oxygens (including phenoxy) is 2. The Morgan fingerprint density at radius 1 is 1.21 bits per heavy atom. The minimum atomic E-state index is -2.60. The molecule has 0 aromatic carbocycles. The lowest BCUT2D eigenvalue weighted by Gasteiger charge is -2.57. The molecular formula is C26H32O7. The topological polar surface area (TPSA) is 107 Å². The van der Waals surface area contributed by atoms with Crippen molar-refractivity contribution in [3.05, 3.63) is 34.9 Å². The average Bonchev–Trinajstić information content (AvgIpc) is 2.78. The molecule has 1 saturated heterocycles. The maximum absolute atomic E-state index is 13.8. The molecule has 3 fully saturated rings. The van der Waals surface area contributed by atoms with Gasteiger partial charge < -0.3 is 14.6 Å². The molecule has 7 nitrogen and oxygen atoms in total. The van der Waals surface area contributed by atoms with E-state index in [4.69, 9.17) is 9.47 Å². The van der Waals surface area contributed by atoms with Crippen LogP contribution in [0.5, 0.6) is 0 Å². The Morgan fingerprint density at radius 2 is 1.82 bits per heavy atom. The van der Waals surface area contributed by atoms with Crippen LogP contribution in [0.3, 0.4) is 0 Å². The van der Waals surface area contributed by atoms with Crippen LogP contribution in [0.4, 0.5) is 0 Å². The fourth-order valence-corrected chi connectivity index (χ4v) is 7.44. The Hall–Kier alpha value is -2.54. The van der Waals surface area contributed by atoms with E-state index in [-0.39, 0.29) is 30.8 Å². The van der Waals surface area contributed by atoms with Crippen LogP contribution >= 0.6 is 0 Å². The van der Waals surface area contributed by atoms with Crippen molar-refractivity contribution in [3.8, 4) is 0 Å². The number of hydrogen-bond acceptors (Lipinski definition) is 7. The Bertz CT molecular complexity index is 1110. The van der Waals surface area contributed by atoms with Gasteiger partial charge in [0, 0.05) is 5.41 Å². The van der Waals surface area contributed by atoms with Crippen LogP contribution in [0.1, 0.15) is 60.8 Å². The van der Waals surface area contributed by atoms with Crippen molar-refractivity contribution < 1.29 is 33.8 Å². The van der Waals surface area contributed by atoms with Crippen LogP contribution in [0.25, 0.3) is 0 Å². The van der Waals surface area contributed by atoms with Crippen LogP contribution in [0.2, 0.25) is 0 Å². The summed E-state index contributed by atoms with van der Waals surface area (Å²) in [5.74, 6) is -3.10. The van der Waals surface area contributed by atoms with Gasteiger partial charge in [-0.2, -0.15) is 0 Å². The number of rotatable bonds is 2. The van der Waals surface area contributed by atoms with E-state index < -0.39 is 50.9 Å². The highest BCUT2D eigenvalue weighted by molar-refractivity contribution is 6.21. The molecule has 3 aliphatic carbocycles. The second-order valence-electron chi connectivity index (χ2n) is 11.0. The Kier molecular flexibility index (Phi) is 4.67. The van der Waals surface area contributed by atoms with Crippen LogP contribution in [-0.4, -0.2) is 46.9 Å². The molecule has 2 bridgehead atoms. The zero-order chi connectivity index (χ0) is 24.9. The fourth-order valence-electron chi connectivity index (χ4n) is 7.44. The average molecular weight is 457 g/mol. The summed E-state index contributed by atoms with van der Waals surface area (Å²) < 4.78 is 10.8. The van der Waals surface area contributed by atoms with Crippen LogP contribution < -0.4 is 0 Å². The highest BCUT2D eigenvalue weighted by Crippen LogP contribution is 2.75. The first-order valence-electron chi connectivity index (χ1n) is 11.3. The molecule has 5 unspecified atom stereocenters. The summed E-state index contributed by atoms with van der Waals surface area (Å²) in [6, 6.07) is 0. The summed E-state index contributed by atoms with van der Waals surface area (Å²) in [6.45, 7) is 14.3. The normalized spacial score (nSPS) is 41.5.